The molecule has 0 atom stereocenters. The van der Waals surface area contributed by atoms with Crippen LogP contribution in [0.15, 0.2) is 48.7 Å². The number of hydrogen-bond acceptors (Lipinski definition) is 2. The highest BCUT2D eigenvalue weighted by atomic mass is 35.5. The highest BCUT2D eigenvalue weighted by Gasteiger charge is 2.08. The van der Waals surface area contributed by atoms with E-state index in [1.807, 2.05) is 61.0 Å². The molecule has 0 spiro atoms. The minimum absolute atomic E-state index is 0.0960. The summed E-state index contributed by atoms with van der Waals surface area (Å²) in [4.78, 5) is 12.3. The van der Waals surface area contributed by atoms with Crippen molar-refractivity contribution >= 4 is 34.1 Å². The van der Waals surface area contributed by atoms with Crippen molar-refractivity contribution in [1.82, 2.24) is 4.57 Å². The van der Waals surface area contributed by atoms with E-state index in [-0.39, 0.29) is 12.5 Å². The van der Waals surface area contributed by atoms with E-state index in [2.05, 4.69) is 5.32 Å². The Morgan fingerprint density at radius 1 is 1.21 bits per heavy atom. The number of aryl methyl sites for hydroxylation is 1. The Morgan fingerprint density at radius 2 is 2.04 bits per heavy atom. The van der Waals surface area contributed by atoms with Crippen LogP contribution in [0.2, 0.25) is 5.02 Å². The van der Waals surface area contributed by atoms with Gasteiger partial charge in [-0.3, -0.25) is 4.79 Å². The molecule has 1 N–H and O–H groups in total. The maximum atomic E-state index is 12.3. The van der Waals surface area contributed by atoms with Crippen molar-refractivity contribution in [2.75, 3.05) is 11.9 Å². The zero-order chi connectivity index (χ0) is 17.1. The van der Waals surface area contributed by atoms with E-state index < -0.39 is 0 Å². The molecular weight excluding hydrogens is 324 g/mol. The van der Waals surface area contributed by atoms with Crippen LogP contribution in [0.3, 0.4) is 0 Å². The van der Waals surface area contributed by atoms with Crippen LogP contribution in [0.4, 0.5) is 5.69 Å². The Balaban J connectivity index is 1.74. The first-order valence-electron chi connectivity index (χ1n) is 7.84. The number of aromatic nitrogens is 1. The van der Waals surface area contributed by atoms with E-state index in [1.165, 1.54) is 0 Å². The monoisotopic (exact) mass is 342 g/mol. The maximum Gasteiger partial charge on any atom is 0.244 e. The molecule has 2 aromatic carbocycles. The lowest BCUT2D eigenvalue weighted by Gasteiger charge is -2.09. The van der Waals surface area contributed by atoms with Crippen molar-refractivity contribution in [1.29, 1.82) is 0 Å². The van der Waals surface area contributed by atoms with Gasteiger partial charge in [-0.1, -0.05) is 17.7 Å². The van der Waals surface area contributed by atoms with Gasteiger partial charge in [-0.05, 0) is 55.8 Å². The van der Waals surface area contributed by atoms with Crippen LogP contribution in [0.5, 0.6) is 5.75 Å². The lowest BCUT2D eigenvalue weighted by atomic mass is 10.2. The molecule has 5 heteroatoms. The zero-order valence-corrected chi connectivity index (χ0v) is 14.4. The fourth-order valence-corrected chi connectivity index (χ4v) is 2.78. The number of fused-ring (bicyclic) bond motifs is 1. The molecule has 24 heavy (non-hydrogen) atoms. The summed E-state index contributed by atoms with van der Waals surface area (Å²) in [5.41, 5.74) is 2.68. The van der Waals surface area contributed by atoms with Crippen molar-refractivity contribution in [3.8, 4) is 5.75 Å². The summed E-state index contributed by atoms with van der Waals surface area (Å²) in [6.45, 7) is 4.75. The average Bonchev–Trinajstić information content (AvgIpc) is 2.93. The van der Waals surface area contributed by atoms with Crippen LogP contribution in [-0.2, 0) is 11.3 Å². The van der Waals surface area contributed by atoms with Crippen molar-refractivity contribution < 1.29 is 9.53 Å². The summed E-state index contributed by atoms with van der Waals surface area (Å²) in [6.07, 6.45) is 1.90. The van der Waals surface area contributed by atoms with Gasteiger partial charge in [0.25, 0.3) is 0 Å². The van der Waals surface area contributed by atoms with Crippen molar-refractivity contribution in [3.63, 3.8) is 0 Å². The molecule has 124 valence electrons. The predicted octanol–water partition coefficient (Wildman–Crippen LogP) is 4.64. The van der Waals surface area contributed by atoms with Crippen molar-refractivity contribution in [2.24, 2.45) is 0 Å². The van der Waals surface area contributed by atoms with Crippen LogP contribution >= 0.6 is 11.6 Å². The third kappa shape index (κ3) is 3.54. The minimum atomic E-state index is -0.0960. The van der Waals surface area contributed by atoms with Gasteiger partial charge in [-0.2, -0.15) is 0 Å². The molecule has 0 bridgehead atoms. The second kappa shape index (κ2) is 6.97. The Morgan fingerprint density at radius 3 is 2.79 bits per heavy atom. The molecule has 3 aromatic rings. The third-order valence-electron chi connectivity index (χ3n) is 3.82. The van der Waals surface area contributed by atoms with E-state index in [0.717, 1.165) is 22.2 Å². The first kappa shape index (κ1) is 16.4. The van der Waals surface area contributed by atoms with Gasteiger partial charge in [-0.15, -0.1) is 0 Å². The molecule has 0 aliphatic heterocycles. The predicted molar refractivity (Wildman–Crippen MR) is 97.9 cm³/mol. The van der Waals surface area contributed by atoms with Crippen LogP contribution in [-0.4, -0.2) is 17.1 Å². The second-order valence-electron chi connectivity index (χ2n) is 5.61. The third-order valence-corrected chi connectivity index (χ3v) is 4.23. The number of nitrogens with one attached hydrogen (secondary N) is 1. The number of carbonyl (C=O) groups is 1. The average molecular weight is 343 g/mol. The molecule has 4 nitrogen and oxygen atoms in total. The summed E-state index contributed by atoms with van der Waals surface area (Å²) >= 11 is 6.09. The molecule has 3 rings (SSSR count). The topological polar surface area (TPSA) is 43.3 Å². The largest absolute Gasteiger partial charge is 0.494 e. The van der Waals surface area contributed by atoms with Crippen LogP contribution in [0.25, 0.3) is 10.9 Å². The summed E-state index contributed by atoms with van der Waals surface area (Å²) in [5.74, 6) is 0.739. The van der Waals surface area contributed by atoms with Crippen molar-refractivity contribution in [2.45, 2.75) is 20.4 Å². The highest BCUT2D eigenvalue weighted by molar-refractivity contribution is 6.31. The van der Waals surface area contributed by atoms with Gasteiger partial charge in [0.05, 0.1) is 6.61 Å². The molecule has 0 radical (unpaired) electrons. The zero-order valence-electron chi connectivity index (χ0n) is 13.7. The second-order valence-corrected chi connectivity index (χ2v) is 6.02. The van der Waals surface area contributed by atoms with Gasteiger partial charge in [-0.25, -0.2) is 0 Å². The van der Waals surface area contributed by atoms with Crippen LogP contribution < -0.4 is 10.1 Å². The van der Waals surface area contributed by atoms with Crippen LogP contribution in [0.1, 0.15) is 12.5 Å². The fraction of sp³-hybridized carbons (Fsp3) is 0.211. The first-order valence-corrected chi connectivity index (χ1v) is 8.22. The van der Waals surface area contributed by atoms with E-state index in [0.29, 0.717) is 17.3 Å². The number of benzene rings is 2. The van der Waals surface area contributed by atoms with Gasteiger partial charge in [0.2, 0.25) is 5.91 Å². The van der Waals surface area contributed by atoms with Gasteiger partial charge < -0.3 is 14.6 Å². The Bertz CT molecular complexity index is 886. The quantitative estimate of drug-likeness (QED) is 0.734. The molecular formula is C19H19ClN2O2. The van der Waals surface area contributed by atoms with E-state index in [9.17, 15) is 4.79 Å². The number of ether oxygens (including phenoxy) is 1. The van der Waals surface area contributed by atoms with Gasteiger partial charge in [0, 0.05) is 27.8 Å². The highest BCUT2D eigenvalue weighted by Crippen LogP contribution is 2.23. The summed E-state index contributed by atoms with van der Waals surface area (Å²) < 4.78 is 7.42. The molecule has 0 fully saturated rings. The SMILES string of the molecule is CCOc1ccc2c(ccn2CC(=O)Nc2ccc(C)c(Cl)c2)c1. The summed E-state index contributed by atoms with van der Waals surface area (Å²) in [6, 6.07) is 13.3. The molecule has 1 heterocycles. The van der Waals surface area contributed by atoms with Gasteiger partial charge in [0.15, 0.2) is 0 Å². The number of carbonyl (C=O) groups excluding carboxylic acids is 1. The summed E-state index contributed by atoms with van der Waals surface area (Å²) in [5, 5.41) is 4.57. The molecule has 1 aromatic heterocycles. The Kier molecular flexibility index (Phi) is 4.76. The Hall–Kier alpha value is -2.46. The lowest BCUT2D eigenvalue weighted by Crippen LogP contribution is -2.18. The normalized spacial score (nSPS) is 10.8. The molecule has 0 aliphatic carbocycles. The number of nitrogens with zero attached hydrogens (tertiary/aromatic N) is 1. The fourth-order valence-electron chi connectivity index (χ4n) is 2.60. The number of amides is 1. The molecule has 0 saturated heterocycles. The number of anilines is 1. The molecule has 0 saturated carbocycles. The molecule has 0 unspecified atom stereocenters. The summed E-state index contributed by atoms with van der Waals surface area (Å²) in [7, 11) is 0. The first-order chi connectivity index (χ1) is 11.6. The molecule has 0 aliphatic rings. The van der Waals surface area contributed by atoms with Crippen molar-refractivity contribution in [3.05, 3.63) is 59.2 Å². The standard InChI is InChI=1S/C19H19ClN2O2/c1-3-24-16-6-7-18-14(10-16)8-9-22(18)12-19(23)21-15-5-4-13(2)17(20)11-15/h4-11H,3,12H2,1-2H3,(H,21,23). The number of hydrogen-bond donors (Lipinski definition) is 1. The smallest absolute Gasteiger partial charge is 0.244 e. The molecule has 1 amide bonds. The number of halogens is 1. The van der Waals surface area contributed by atoms with E-state index in [4.69, 9.17) is 16.3 Å². The van der Waals surface area contributed by atoms with E-state index >= 15 is 0 Å². The van der Waals surface area contributed by atoms with Gasteiger partial charge in [0.1, 0.15) is 12.3 Å². The van der Waals surface area contributed by atoms with Gasteiger partial charge >= 0.3 is 0 Å². The van der Waals surface area contributed by atoms with Crippen LogP contribution in [0, 0.1) is 6.92 Å². The number of rotatable bonds is 5. The lowest BCUT2D eigenvalue weighted by molar-refractivity contribution is -0.116. The minimum Gasteiger partial charge on any atom is -0.494 e. The Labute approximate surface area is 146 Å². The maximum absolute atomic E-state index is 12.3. The van der Waals surface area contributed by atoms with E-state index in [1.54, 1.807) is 6.07 Å².